The molecule has 92 valence electrons. The van der Waals surface area contributed by atoms with Crippen LogP contribution in [0.15, 0.2) is 21.5 Å². The van der Waals surface area contributed by atoms with Gasteiger partial charge in [-0.15, -0.1) is 0 Å². The molecule has 1 aliphatic heterocycles. The molecular weight excluding hydrogens is 334 g/mol. The molecule has 0 aliphatic carbocycles. The Balaban J connectivity index is 2.66. The van der Waals surface area contributed by atoms with E-state index in [0.29, 0.717) is 18.9 Å². The monoisotopic (exact) mass is 339 g/mol. The van der Waals surface area contributed by atoms with Gasteiger partial charge in [-0.1, -0.05) is 0 Å². The molecule has 1 aromatic carbocycles. The molecule has 1 aromatic rings. The average Bonchev–Trinajstić information content (AvgIpc) is 2.38. The van der Waals surface area contributed by atoms with E-state index in [1.54, 1.807) is 0 Å². The fourth-order valence-electron chi connectivity index (χ4n) is 1.44. The summed E-state index contributed by atoms with van der Waals surface area (Å²) >= 11 is 3.08. The number of fused-ring (bicyclic) bond motifs is 1. The highest BCUT2D eigenvalue weighted by Gasteiger charge is 2.23. The zero-order valence-corrected chi connectivity index (χ0v) is 11.5. The van der Waals surface area contributed by atoms with Gasteiger partial charge in [-0.2, -0.15) is 0 Å². The molecule has 1 heterocycles. The van der Waals surface area contributed by atoms with E-state index in [-0.39, 0.29) is 20.8 Å². The van der Waals surface area contributed by atoms with Crippen molar-refractivity contribution < 1.29 is 17.9 Å². The van der Waals surface area contributed by atoms with E-state index >= 15 is 0 Å². The summed E-state index contributed by atoms with van der Waals surface area (Å²) in [4.78, 5) is 11.5. The third-order valence-corrected chi connectivity index (χ3v) is 4.47. The van der Waals surface area contributed by atoms with Crippen molar-refractivity contribution in [1.29, 1.82) is 0 Å². The van der Waals surface area contributed by atoms with Crippen LogP contribution in [0.2, 0.25) is 0 Å². The van der Waals surface area contributed by atoms with Crippen molar-refractivity contribution in [2.45, 2.75) is 4.90 Å². The summed E-state index contributed by atoms with van der Waals surface area (Å²) in [5, 5.41) is 2.58. The van der Waals surface area contributed by atoms with Gasteiger partial charge in [-0.25, -0.2) is 8.42 Å². The second-order valence-electron chi connectivity index (χ2n) is 3.32. The van der Waals surface area contributed by atoms with Crippen LogP contribution in [0.1, 0.15) is 10.4 Å². The summed E-state index contributed by atoms with van der Waals surface area (Å²) in [5.74, 6) is -0.0532. The van der Waals surface area contributed by atoms with Crippen molar-refractivity contribution in [2.24, 2.45) is 0 Å². The molecule has 0 atom stereocenters. The molecule has 1 N–H and O–H groups in total. The Kier molecular flexibility index (Phi) is 3.33. The Bertz CT molecular complexity index is 587. The van der Waals surface area contributed by atoms with Crippen LogP contribution in [0, 0.1) is 0 Å². The van der Waals surface area contributed by atoms with Crippen molar-refractivity contribution in [3.8, 4) is 5.75 Å². The molecule has 0 radical (unpaired) electrons. The van der Waals surface area contributed by atoms with Crippen molar-refractivity contribution in [3.05, 3.63) is 22.2 Å². The molecule has 1 amide bonds. The van der Waals surface area contributed by atoms with E-state index in [2.05, 4.69) is 21.2 Å². The lowest BCUT2D eigenvalue weighted by molar-refractivity contribution is 0.0957. The highest BCUT2D eigenvalue weighted by Crippen LogP contribution is 2.32. The normalized spacial score (nSPS) is 15.5. The van der Waals surface area contributed by atoms with Gasteiger partial charge in [0.15, 0.2) is 0 Å². The number of carbonyl (C=O) groups is 1. The third-order valence-electron chi connectivity index (χ3n) is 2.19. The Hall–Kier alpha value is -0.790. The zero-order valence-electron chi connectivity index (χ0n) is 8.37. The Morgan fingerprint density at radius 3 is 2.76 bits per heavy atom. The van der Waals surface area contributed by atoms with Gasteiger partial charge in [0.05, 0.1) is 17.0 Å². The molecule has 5 nitrogen and oxygen atoms in total. The third kappa shape index (κ3) is 2.56. The summed E-state index contributed by atoms with van der Waals surface area (Å²) in [6.07, 6.45) is 0. The van der Waals surface area contributed by atoms with Gasteiger partial charge in [0.2, 0.25) is 0 Å². The molecular formula is C9H7BrClNO4S. The van der Waals surface area contributed by atoms with Crippen LogP contribution in [0.3, 0.4) is 0 Å². The first kappa shape index (κ1) is 12.7. The van der Waals surface area contributed by atoms with Gasteiger partial charge in [0, 0.05) is 15.2 Å². The number of carbonyl (C=O) groups excluding carboxylic acids is 1. The number of hydrogen-bond acceptors (Lipinski definition) is 4. The van der Waals surface area contributed by atoms with Crippen LogP contribution in [0.25, 0.3) is 0 Å². The lowest BCUT2D eigenvalue weighted by Crippen LogP contribution is -2.24. The van der Waals surface area contributed by atoms with E-state index in [1.807, 2.05) is 0 Å². The molecule has 0 spiro atoms. The zero-order chi connectivity index (χ0) is 12.6. The Morgan fingerprint density at radius 1 is 1.41 bits per heavy atom. The summed E-state index contributed by atoms with van der Waals surface area (Å²) in [6.45, 7) is 0.701. The second kappa shape index (κ2) is 4.47. The van der Waals surface area contributed by atoms with Crippen molar-refractivity contribution >= 4 is 41.6 Å². The predicted molar refractivity (Wildman–Crippen MR) is 65.0 cm³/mol. The quantitative estimate of drug-likeness (QED) is 0.786. The number of amides is 1. The average molecular weight is 341 g/mol. The molecule has 17 heavy (non-hydrogen) atoms. The van der Waals surface area contributed by atoms with Crippen molar-refractivity contribution in [1.82, 2.24) is 5.32 Å². The molecule has 0 saturated carbocycles. The van der Waals surface area contributed by atoms with Gasteiger partial charge in [0.25, 0.3) is 15.0 Å². The number of hydrogen-bond donors (Lipinski definition) is 1. The minimum Gasteiger partial charge on any atom is -0.491 e. The van der Waals surface area contributed by atoms with E-state index in [0.717, 1.165) is 0 Å². The minimum absolute atomic E-state index is 0.154. The van der Waals surface area contributed by atoms with E-state index in [4.69, 9.17) is 15.4 Å². The number of halogens is 2. The fraction of sp³-hybridized carbons (Fsp3) is 0.222. The summed E-state index contributed by atoms with van der Waals surface area (Å²) in [6, 6.07) is 2.62. The molecule has 0 fully saturated rings. The molecule has 8 heteroatoms. The van der Waals surface area contributed by atoms with Gasteiger partial charge in [0.1, 0.15) is 12.4 Å². The van der Waals surface area contributed by atoms with Crippen LogP contribution >= 0.6 is 26.6 Å². The summed E-state index contributed by atoms with van der Waals surface area (Å²) in [5.41, 5.74) is 0.157. The number of benzene rings is 1. The Morgan fingerprint density at radius 2 is 2.12 bits per heavy atom. The molecule has 2 rings (SSSR count). The van der Waals surface area contributed by atoms with Crippen LogP contribution in [-0.2, 0) is 9.05 Å². The topological polar surface area (TPSA) is 72.5 Å². The minimum atomic E-state index is -3.91. The first-order valence-corrected chi connectivity index (χ1v) is 7.69. The van der Waals surface area contributed by atoms with Crippen molar-refractivity contribution in [3.63, 3.8) is 0 Å². The lowest BCUT2D eigenvalue weighted by atomic mass is 10.2. The fourth-order valence-corrected chi connectivity index (χ4v) is 3.61. The lowest BCUT2D eigenvalue weighted by Gasteiger charge is -2.08. The number of rotatable bonds is 1. The van der Waals surface area contributed by atoms with E-state index in [1.165, 1.54) is 12.1 Å². The van der Waals surface area contributed by atoms with E-state index in [9.17, 15) is 13.2 Å². The SMILES string of the molecule is O=C1NCCOc2cc(Br)c(S(=O)(=O)Cl)cc21. The number of ether oxygens (including phenoxy) is 1. The largest absolute Gasteiger partial charge is 0.491 e. The molecule has 0 saturated heterocycles. The van der Waals surface area contributed by atoms with Crippen LogP contribution in [-0.4, -0.2) is 27.5 Å². The standard InChI is InChI=1S/C9H7BrClNO4S/c10-6-4-7-5(3-8(6)17(11,14)15)9(13)12-1-2-16-7/h3-4H,1-2H2,(H,12,13). The molecule has 1 aliphatic rings. The van der Waals surface area contributed by atoms with Gasteiger partial charge in [-0.3, -0.25) is 4.79 Å². The summed E-state index contributed by atoms with van der Waals surface area (Å²) in [7, 11) is 1.35. The highest BCUT2D eigenvalue weighted by atomic mass is 79.9. The number of nitrogens with one attached hydrogen (secondary N) is 1. The predicted octanol–water partition coefficient (Wildman–Crippen LogP) is 1.50. The second-order valence-corrected chi connectivity index (χ2v) is 6.71. The first-order valence-electron chi connectivity index (χ1n) is 4.59. The maximum Gasteiger partial charge on any atom is 0.262 e. The maximum atomic E-state index is 11.7. The van der Waals surface area contributed by atoms with Gasteiger partial charge >= 0.3 is 0 Å². The van der Waals surface area contributed by atoms with Gasteiger partial charge < -0.3 is 10.1 Å². The van der Waals surface area contributed by atoms with Crippen molar-refractivity contribution in [2.75, 3.05) is 13.2 Å². The Labute approximate surface area is 111 Å². The highest BCUT2D eigenvalue weighted by molar-refractivity contribution is 9.10. The van der Waals surface area contributed by atoms with E-state index < -0.39 is 9.05 Å². The van der Waals surface area contributed by atoms with Gasteiger partial charge in [-0.05, 0) is 28.1 Å². The summed E-state index contributed by atoms with van der Waals surface area (Å²) < 4.78 is 28.2. The molecule has 0 bridgehead atoms. The molecule has 0 aromatic heterocycles. The smallest absolute Gasteiger partial charge is 0.262 e. The molecule has 0 unspecified atom stereocenters. The maximum absolute atomic E-state index is 11.7. The van der Waals surface area contributed by atoms with Crippen LogP contribution in [0.4, 0.5) is 0 Å². The first-order chi connectivity index (χ1) is 7.89. The van der Waals surface area contributed by atoms with Crippen LogP contribution < -0.4 is 10.1 Å². The van der Waals surface area contributed by atoms with Crippen LogP contribution in [0.5, 0.6) is 5.75 Å².